The van der Waals surface area contributed by atoms with Gasteiger partial charge in [0.15, 0.2) is 0 Å². The van der Waals surface area contributed by atoms with Crippen LogP contribution in [0.25, 0.3) is 0 Å². The summed E-state index contributed by atoms with van der Waals surface area (Å²) in [7, 11) is 19.9. The first-order valence-electron chi connectivity index (χ1n) is 0.478. The zero-order chi connectivity index (χ0) is 4.50. The minimum Gasteiger partial charge on any atom is 1.00 e. The molecule has 0 aliphatic rings. The monoisotopic (exact) mass is 362 g/mol. The molecule has 0 N–H and O–H groups in total. The Bertz CT molecular complexity index is 26.5. The number of hydrogen-bond donors (Lipinski definition) is 0. The average molecular weight is 365 g/mol. The predicted octanol–water partition coefficient (Wildman–Crippen LogP) is -9.23. The maximum Gasteiger partial charge on any atom is 1.00 e. The summed E-state index contributed by atoms with van der Waals surface area (Å²) in [5, 5.41) is 0. The Morgan fingerprint density at radius 1 is 0.667 bits per heavy atom. The average Bonchev–Trinajstić information content (AvgIpc) is 0.722. The molecule has 9 heteroatoms. The molecule has 0 amide bonds. The van der Waals surface area contributed by atoms with Gasteiger partial charge in [0.1, 0.15) is 0 Å². The normalized spacial score (nSPS) is 8.44. The second-order valence-corrected chi connectivity index (χ2v) is 14.4. The third-order valence-corrected chi connectivity index (χ3v) is 0. The van der Waals surface area contributed by atoms with E-state index in [4.69, 9.17) is 38.1 Å². The molecule has 54 valence electrons. The third-order valence-electron chi connectivity index (χ3n) is 0. The molecular formula is Cl6Na2Pd. The van der Waals surface area contributed by atoms with Gasteiger partial charge in [0, 0.05) is 0 Å². The summed E-state index contributed by atoms with van der Waals surface area (Å²) in [5.41, 5.74) is 0. The van der Waals surface area contributed by atoms with E-state index in [9.17, 15) is 0 Å². The summed E-state index contributed by atoms with van der Waals surface area (Å²) in [6.45, 7) is 0. The van der Waals surface area contributed by atoms with Gasteiger partial charge in [-0.05, 0) is 0 Å². The summed E-state index contributed by atoms with van der Waals surface area (Å²) >= 11 is -2.81. The van der Waals surface area contributed by atoms with Gasteiger partial charge in [0.25, 0.3) is 0 Å². The van der Waals surface area contributed by atoms with Crippen molar-refractivity contribution in [2.75, 3.05) is 0 Å². The van der Waals surface area contributed by atoms with E-state index >= 15 is 0 Å². The summed E-state index contributed by atoms with van der Waals surface area (Å²) in [5.74, 6) is 0. The Morgan fingerprint density at radius 3 is 0.667 bits per heavy atom. The molecule has 0 saturated carbocycles. The van der Waals surface area contributed by atoms with Crippen LogP contribution in [0.15, 0.2) is 0 Å². The van der Waals surface area contributed by atoms with E-state index in [2.05, 4.69) is 0 Å². The third kappa shape index (κ3) is 69.2. The molecule has 0 radical (unpaired) electrons. The fraction of sp³-hybridized carbons (Fsp3) is 0. The second kappa shape index (κ2) is 14.9. The molecule has 0 heterocycles. The van der Waals surface area contributed by atoms with Crippen molar-refractivity contribution in [3.8, 4) is 0 Å². The van der Waals surface area contributed by atoms with Gasteiger partial charge in [-0.2, -0.15) is 0 Å². The Labute approximate surface area is 130 Å². The smallest absolute Gasteiger partial charge is 1.00 e. The van der Waals surface area contributed by atoms with Crippen LogP contribution in [0, 0.1) is 0 Å². The molecule has 9 heavy (non-hydrogen) atoms. The molecule has 0 spiro atoms. The molecule has 0 saturated heterocycles. The summed E-state index contributed by atoms with van der Waals surface area (Å²) in [4.78, 5) is 0. The van der Waals surface area contributed by atoms with Crippen LogP contribution in [-0.4, -0.2) is 0 Å². The van der Waals surface area contributed by atoms with Crippen molar-refractivity contribution in [1.29, 1.82) is 0 Å². The summed E-state index contributed by atoms with van der Waals surface area (Å²) in [6.07, 6.45) is 0. The fourth-order valence-corrected chi connectivity index (χ4v) is 0. The molecular weight excluding hydrogens is 365 g/mol. The topological polar surface area (TPSA) is 0 Å². The Hall–Kier alpha value is 4.40. The SMILES string of the molecule is [Cl-].[Cl-].[Cl][Pd]([Cl])([Cl])[Cl].[Na+].[Na+]. The summed E-state index contributed by atoms with van der Waals surface area (Å²) in [6, 6.07) is 0. The first kappa shape index (κ1) is 29.2. The van der Waals surface area contributed by atoms with E-state index in [1.54, 1.807) is 0 Å². The van der Waals surface area contributed by atoms with Crippen molar-refractivity contribution in [3.05, 3.63) is 0 Å². The zero-order valence-corrected chi connectivity index (χ0v) is 14.7. The van der Waals surface area contributed by atoms with Gasteiger partial charge in [-0.15, -0.1) is 0 Å². The molecule has 0 aliphatic heterocycles. The first-order valence-corrected chi connectivity index (χ1v) is 8.49. The quantitative estimate of drug-likeness (QED) is 0.374. The van der Waals surface area contributed by atoms with Crippen LogP contribution in [0.4, 0.5) is 0 Å². The van der Waals surface area contributed by atoms with Gasteiger partial charge in [0.2, 0.25) is 0 Å². The van der Waals surface area contributed by atoms with E-state index in [1.807, 2.05) is 0 Å². The van der Waals surface area contributed by atoms with Crippen LogP contribution in [0.1, 0.15) is 0 Å². The van der Waals surface area contributed by atoms with Crippen molar-refractivity contribution >= 4 is 38.1 Å². The number of hydrogen-bond acceptors (Lipinski definition) is 0. The van der Waals surface area contributed by atoms with Gasteiger partial charge in [-0.3, -0.25) is 0 Å². The van der Waals surface area contributed by atoms with Crippen molar-refractivity contribution in [1.82, 2.24) is 0 Å². The van der Waals surface area contributed by atoms with Crippen LogP contribution < -0.4 is 83.9 Å². The Kier molecular flexibility index (Phi) is 48.3. The minimum absolute atomic E-state index is 0. The standard InChI is InChI=1S/6ClH.2Na.Pd/h6*1H;;;/q;;;;;;2*+1;+4/p-6. The molecule has 0 bridgehead atoms. The fourth-order valence-electron chi connectivity index (χ4n) is 0. The molecule has 0 aromatic heterocycles. The predicted molar refractivity (Wildman–Crippen MR) is 23.4 cm³/mol. The molecule has 0 aromatic carbocycles. The number of rotatable bonds is 0. The molecule has 0 aliphatic carbocycles. The largest absolute Gasteiger partial charge is 1.00 e. The van der Waals surface area contributed by atoms with Crippen molar-refractivity contribution in [3.63, 3.8) is 0 Å². The van der Waals surface area contributed by atoms with Crippen molar-refractivity contribution in [2.45, 2.75) is 0 Å². The Morgan fingerprint density at radius 2 is 0.667 bits per heavy atom. The molecule has 0 rings (SSSR count). The van der Waals surface area contributed by atoms with Gasteiger partial charge in [0.05, 0.1) is 0 Å². The first-order chi connectivity index (χ1) is 2.00. The maximum absolute atomic E-state index is 4.98. The van der Waals surface area contributed by atoms with Crippen molar-refractivity contribution < 1.29 is 95.4 Å². The van der Waals surface area contributed by atoms with Gasteiger partial charge in [-0.1, -0.05) is 0 Å². The minimum atomic E-state index is -2.81. The molecule has 0 fully saturated rings. The van der Waals surface area contributed by atoms with E-state index < -0.39 is 11.5 Å². The second-order valence-electron chi connectivity index (χ2n) is 0.271. The Balaban J connectivity index is -0.0000000133. The van der Waals surface area contributed by atoms with E-state index in [0.29, 0.717) is 0 Å². The summed E-state index contributed by atoms with van der Waals surface area (Å²) < 4.78 is 0. The zero-order valence-electron chi connectivity index (χ0n) is 4.58. The van der Waals surface area contributed by atoms with Crippen molar-refractivity contribution in [2.24, 2.45) is 0 Å². The van der Waals surface area contributed by atoms with Crippen LogP contribution >= 0.6 is 38.1 Å². The maximum atomic E-state index is 4.98. The van der Waals surface area contributed by atoms with Crippen LogP contribution in [0.3, 0.4) is 0 Å². The van der Waals surface area contributed by atoms with E-state index in [0.717, 1.165) is 0 Å². The molecule has 0 unspecified atom stereocenters. The van der Waals surface area contributed by atoms with Crippen LogP contribution in [0.2, 0.25) is 0 Å². The van der Waals surface area contributed by atoms with E-state index in [1.165, 1.54) is 0 Å². The molecule has 0 nitrogen and oxygen atoms in total. The van der Waals surface area contributed by atoms with Gasteiger partial charge < -0.3 is 24.8 Å². The molecule has 0 aromatic rings. The van der Waals surface area contributed by atoms with Crippen LogP contribution in [0.5, 0.6) is 0 Å². The van der Waals surface area contributed by atoms with Gasteiger partial charge >= 0.3 is 109 Å². The van der Waals surface area contributed by atoms with E-state index in [-0.39, 0.29) is 83.9 Å². The van der Waals surface area contributed by atoms with Gasteiger partial charge in [-0.25, -0.2) is 0 Å². The number of halogens is 6. The van der Waals surface area contributed by atoms with Crippen LogP contribution in [-0.2, 0) is 11.5 Å². The molecule has 0 atom stereocenters.